The van der Waals surface area contributed by atoms with Gasteiger partial charge in [-0.05, 0) is 24.6 Å². The third kappa shape index (κ3) is 4.93. The molecule has 1 atom stereocenters. The lowest BCUT2D eigenvalue weighted by atomic mass is 10.1. The van der Waals surface area contributed by atoms with Gasteiger partial charge in [0, 0.05) is 19.0 Å². The van der Waals surface area contributed by atoms with Crippen LogP contribution in [0.25, 0.3) is 0 Å². The number of aromatic nitrogens is 2. The molecule has 0 aliphatic rings. The third-order valence-electron chi connectivity index (χ3n) is 3.11. The van der Waals surface area contributed by atoms with Crippen LogP contribution in [0.4, 0.5) is 0 Å². The van der Waals surface area contributed by atoms with E-state index in [2.05, 4.69) is 15.3 Å². The summed E-state index contributed by atoms with van der Waals surface area (Å²) in [6, 6.07) is 8.48. The largest absolute Gasteiger partial charge is 0.497 e. The Kier molecular flexibility index (Phi) is 5.48. The van der Waals surface area contributed by atoms with E-state index >= 15 is 0 Å². The fraction of sp³-hybridized carbons (Fsp3) is 0.312. The quantitative estimate of drug-likeness (QED) is 0.719. The molecule has 122 valence electrons. The van der Waals surface area contributed by atoms with Gasteiger partial charge in [0.25, 0.3) is 11.5 Å². The molecule has 0 aliphatic heterocycles. The number of amides is 1. The highest BCUT2D eigenvalue weighted by Crippen LogP contribution is 2.13. The van der Waals surface area contributed by atoms with Crippen molar-refractivity contribution in [3.05, 3.63) is 57.8 Å². The number of hydrogen-bond acceptors (Lipinski definition) is 5. The van der Waals surface area contributed by atoms with E-state index in [4.69, 9.17) is 4.74 Å². The van der Waals surface area contributed by atoms with E-state index in [0.29, 0.717) is 12.2 Å². The van der Waals surface area contributed by atoms with Gasteiger partial charge in [-0.3, -0.25) is 9.59 Å². The van der Waals surface area contributed by atoms with Gasteiger partial charge >= 0.3 is 0 Å². The molecule has 1 amide bonds. The maximum Gasteiger partial charge on any atom is 0.270 e. The fourth-order valence-electron chi connectivity index (χ4n) is 1.98. The molecule has 2 rings (SSSR count). The average molecular weight is 317 g/mol. The summed E-state index contributed by atoms with van der Waals surface area (Å²) >= 11 is 0. The number of aromatic amines is 1. The second-order valence-electron chi connectivity index (χ2n) is 5.16. The van der Waals surface area contributed by atoms with E-state index in [1.54, 1.807) is 14.0 Å². The van der Waals surface area contributed by atoms with Gasteiger partial charge < -0.3 is 20.1 Å². The zero-order valence-corrected chi connectivity index (χ0v) is 13.0. The molecule has 1 unspecified atom stereocenters. The number of benzene rings is 1. The molecule has 7 nitrogen and oxygen atoms in total. The topological polar surface area (TPSA) is 104 Å². The number of carbonyl (C=O) groups is 1. The number of carbonyl (C=O) groups excluding carboxylic acids is 1. The lowest BCUT2D eigenvalue weighted by molar-refractivity contribution is 0.0918. The number of H-pyrrole nitrogens is 1. The Labute approximate surface area is 133 Å². The molecule has 23 heavy (non-hydrogen) atoms. The normalized spacial score (nSPS) is 11.8. The van der Waals surface area contributed by atoms with Crippen LogP contribution in [0, 0.1) is 0 Å². The molecule has 3 N–H and O–H groups in total. The third-order valence-corrected chi connectivity index (χ3v) is 3.11. The monoisotopic (exact) mass is 317 g/mol. The average Bonchev–Trinajstić information content (AvgIpc) is 2.52. The number of hydrogen-bond donors (Lipinski definition) is 3. The van der Waals surface area contributed by atoms with Crippen molar-refractivity contribution in [1.29, 1.82) is 0 Å². The lowest BCUT2D eigenvalue weighted by Gasteiger charge is -2.08. The van der Waals surface area contributed by atoms with E-state index in [0.717, 1.165) is 17.4 Å². The van der Waals surface area contributed by atoms with Gasteiger partial charge in [0.05, 0.1) is 13.2 Å². The van der Waals surface area contributed by atoms with Crippen molar-refractivity contribution in [3.8, 4) is 5.75 Å². The van der Waals surface area contributed by atoms with Gasteiger partial charge in [0.1, 0.15) is 17.3 Å². The smallest absolute Gasteiger partial charge is 0.270 e. The second kappa shape index (κ2) is 7.55. The van der Waals surface area contributed by atoms with E-state index in [9.17, 15) is 14.7 Å². The first-order chi connectivity index (χ1) is 11.0. The molecule has 2 aromatic rings. The van der Waals surface area contributed by atoms with Crippen LogP contribution in [0.15, 0.2) is 35.1 Å². The predicted molar refractivity (Wildman–Crippen MR) is 84.7 cm³/mol. The summed E-state index contributed by atoms with van der Waals surface area (Å²) in [6.07, 6.45) is -0.281. The highest BCUT2D eigenvalue weighted by Gasteiger charge is 2.11. The van der Waals surface area contributed by atoms with Crippen LogP contribution in [-0.4, -0.2) is 40.7 Å². The fourth-order valence-corrected chi connectivity index (χ4v) is 1.98. The molecule has 1 aromatic heterocycles. The van der Waals surface area contributed by atoms with Crippen molar-refractivity contribution in [3.63, 3.8) is 0 Å². The van der Waals surface area contributed by atoms with Gasteiger partial charge in [0.15, 0.2) is 0 Å². The van der Waals surface area contributed by atoms with Gasteiger partial charge in [-0.15, -0.1) is 0 Å². The summed E-state index contributed by atoms with van der Waals surface area (Å²) < 4.78 is 5.09. The molecular weight excluding hydrogens is 298 g/mol. The van der Waals surface area contributed by atoms with Crippen LogP contribution >= 0.6 is 0 Å². The number of rotatable bonds is 6. The van der Waals surface area contributed by atoms with Crippen LogP contribution in [0.2, 0.25) is 0 Å². The van der Waals surface area contributed by atoms with Crippen LogP contribution in [-0.2, 0) is 6.42 Å². The summed E-state index contributed by atoms with van der Waals surface area (Å²) in [5.74, 6) is 0.638. The Morgan fingerprint density at radius 1 is 1.39 bits per heavy atom. The summed E-state index contributed by atoms with van der Waals surface area (Å²) in [7, 11) is 1.59. The van der Waals surface area contributed by atoms with Crippen LogP contribution in [0.5, 0.6) is 5.75 Å². The highest BCUT2D eigenvalue weighted by atomic mass is 16.5. The zero-order valence-electron chi connectivity index (χ0n) is 13.0. The maximum absolute atomic E-state index is 11.9. The van der Waals surface area contributed by atoms with Crippen molar-refractivity contribution in [2.75, 3.05) is 13.7 Å². The SMILES string of the molecule is COc1ccc(Cc2nc(C(=O)NCC(C)O)cc(=O)[nH]2)cc1. The van der Waals surface area contributed by atoms with Crippen molar-refractivity contribution in [1.82, 2.24) is 15.3 Å². The Hall–Kier alpha value is -2.67. The van der Waals surface area contributed by atoms with Crippen molar-refractivity contribution in [2.45, 2.75) is 19.4 Å². The molecule has 0 bridgehead atoms. The van der Waals surface area contributed by atoms with Gasteiger partial charge in [-0.25, -0.2) is 4.98 Å². The predicted octanol–water partition coefficient (Wildman–Crippen LogP) is 0.480. The first-order valence-corrected chi connectivity index (χ1v) is 7.17. The Morgan fingerprint density at radius 2 is 2.09 bits per heavy atom. The number of nitrogens with zero attached hydrogens (tertiary/aromatic N) is 1. The Balaban J connectivity index is 2.16. The van der Waals surface area contributed by atoms with Crippen molar-refractivity contribution in [2.24, 2.45) is 0 Å². The van der Waals surface area contributed by atoms with Crippen LogP contribution in [0.3, 0.4) is 0 Å². The molecular formula is C16H19N3O4. The van der Waals surface area contributed by atoms with E-state index in [1.165, 1.54) is 0 Å². The van der Waals surface area contributed by atoms with Crippen LogP contribution < -0.4 is 15.6 Å². The first-order valence-electron chi connectivity index (χ1n) is 7.17. The lowest BCUT2D eigenvalue weighted by Crippen LogP contribution is -2.32. The molecule has 0 radical (unpaired) electrons. The highest BCUT2D eigenvalue weighted by molar-refractivity contribution is 5.92. The molecule has 0 aliphatic carbocycles. The van der Waals surface area contributed by atoms with Crippen molar-refractivity contribution < 1.29 is 14.6 Å². The first kappa shape index (κ1) is 16.7. The minimum atomic E-state index is -0.667. The van der Waals surface area contributed by atoms with Crippen molar-refractivity contribution >= 4 is 5.91 Å². The Morgan fingerprint density at radius 3 is 2.70 bits per heavy atom. The molecule has 0 saturated heterocycles. The molecule has 0 saturated carbocycles. The van der Waals surface area contributed by atoms with Gasteiger partial charge in [-0.2, -0.15) is 0 Å². The van der Waals surface area contributed by atoms with Gasteiger partial charge in [-0.1, -0.05) is 12.1 Å². The zero-order chi connectivity index (χ0) is 16.8. The Bertz CT molecular complexity index is 723. The second-order valence-corrected chi connectivity index (χ2v) is 5.16. The van der Waals surface area contributed by atoms with E-state index < -0.39 is 17.6 Å². The number of aliphatic hydroxyl groups is 1. The molecule has 7 heteroatoms. The number of nitrogens with one attached hydrogen (secondary N) is 2. The van der Waals surface area contributed by atoms with E-state index in [1.807, 2.05) is 24.3 Å². The summed E-state index contributed by atoms with van der Waals surface area (Å²) in [6.45, 7) is 1.65. The minimum absolute atomic E-state index is 0.0258. The molecule has 0 fully saturated rings. The van der Waals surface area contributed by atoms with Crippen LogP contribution in [0.1, 0.15) is 28.8 Å². The number of aliphatic hydroxyl groups excluding tert-OH is 1. The number of ether oxygens (including phenoxy) is 1. The summed E-state index contributed by atoms with van der Waals surface area (Å²) in [4.78, 5) is 30.4. The summed E-state index contributed by atoms with van der Waals surface area (Å²) in [5.41, 5.74) is 0.555. The standard InChI is InChI=1S/C16H19N3O4/c1-10(20)9-17-16(22)13-8-15(21)19-14(18-13)7-11-3-5-12(23-2)6-4-11/h3-6,8,10,20H,7,9H2,1-2H3,(H,17,22)(H,18,19,21). The molecule has 1 aromatic carbocycles. The van der Waals surface area contributed by atoms with Gasteiger partial charge in [0.2, 0.25) is 0 Å². The molecule has 0 spiro atoms. The van der Waals surface area contributed by atoms with E-state index in [-0.39, 0.29) is 12.2 Å². The number of methoxy groups -OCH3 is 1. The maximum atomic E-state index is 11.9. The minimum Gasteiger partial charge on any atom is -0.497 e. The molecule has 1 heterocycles. The summed E-state index contributed by atoms with van der Waals surface area (Å²) in [5, 5.41) is 11.7.